The molecule has 2 rings (SSSR count). The molecular weight excluding hydrogens is 300 g/mol. The molecule has 1 aliphatic rings. The fourth-order valence-electron chi connectivity index (χ4n) is 2.74. The van der Waals surface area contributed by atoms with E-state index in [-0.39, 0.29) is 24.4 Å². The Morgan fingerprint density at radius 1 is 1.27 bits per heavy atom. The van der Waals surface area contributed by atoms with Crippen molar-refractivity contribution in [1.82, 2.24) is 4.90 Å². The number of nitrogens with zero attached hydrogens (tertiary/aromatic N) is 1. The lowest BCUT2D eigenvalue weighted by molar-refractivity contribution is -0.131. The summed E-state index contributed by atoms with van der Waals surface area (Å²) in [4.78, 5) is 14.2. The Kier molecular flexibility index (Phi) is 9.13. The van der Waals surface area contributed by atoms with Crippen LogP contribution < -0.4 is 5.73 Å². The summed E-state index contributed by atoms with van der Waals surface area (Å²) in [7, 11) is 0. The van der Waals surface area contributed by atoms with Gasteiger partial charge in [0.2, 0.25) is 5.91 Å². The normalized spacial score (nSPS) is 17.0. The van der Waals surface area contributed by atoms with E-state index in [1.165, 1.54) is 5.56 Å². The van der Waals surface area contributed by atoms with E-state index in [1.54, 1.807) is 0 Å². The van der Waals surface area contributed by atoms with Crippen molar-refractivity contribution in [2.75, 3.05) is 26.2 Å². The first-order chi connectivity index (χ1) is 10.3. The molecule has 0 saturated carbocycles. The van der Waals surface area contributed by atoms with Gasteiger partial charge in [-0.05, 0) is 31.2 Å². The number of carbonyl (C=O) groups excluding carboxylic acids is 1. The lowest BCUT2D eigenvalue weighted by Crippen LogP contribution is -2.37. The molecule has 1 amide bonds. The summed E-state index contributed by atoms with van der Waals surface area (Å²) >= 11 is 0. The van der Waals surface area contributed by atoms with E-state index in [2.05, 4.69) is 12.1 Å². The maximum absolute atomic E-state index is 12.3. The van der Waals surface area contributed by atoms with Gasteiger partial charge in [-0.2, -0.15) is 0 Å². The number of nitrogens with two attached hydrogens (primary N) is 1. The van der Waals surface area contributed by atoms with E-state index in [4.69, 9.17) is 10.5 Å². The second-order valence-corrected chi connectivity index (χ2v) is 5.58. The van der Waals surface area contributed by atoms with Gasteiger partial charge in [0.05, 0.1) is 6.10 Å². The molecule has 0 radical (unpaired) electrons. The maximum Gasteiger partial charge on any atom is 0.222 e. The molecular formula is C17H27ClN2O2. The number of carbonyl (C=O) groups is 1. The lowest BCUT2D eigenvalue weighted by Gasteiger charge is -2.23. The molecule has 1 aromatic carbocycles. The van der Waals surface area contributed by atoms with Gasteiger partial charge in [-0.3, -0.25) is 4.79 Å². The lowest BCUT2D eigenvalue weighted by atomic mass is 10.1. The first-order valence-electron chi connectivity index (χ1n) is 7.93. The number of amides is 1. The van der Waals surface area contributed by atoms with Crippen LogP contribution in [0.25, 0.3) is 0 Å². The highest BCUT2D eigenvalue weighted by Crippen LogP contribution is 2.17. The van der Waals surface area contributed by atoms with Gasteiger partial charge in [0.1, 0.15) is 0 Å². The van der Waals surface area contributed by atoms with Crippen LogP contribution in [0.1, 0.15) is 31.2 Å². The molecule has 124 valence electrons. The SMILES string of the molecule is Cl.NCCN(CCc1ccccc1)C(=O)CCC1CCCO1. The predicted octanol–water partition coefficient (Wildman–Crippen LogP) is 2.40. The van der Waals surface area contributed by atoms with E-state index in [1.807, 2.05) is 23.1 Å². The van der Waals surface area contributed by atoms with Gasteiger partial charge in [0.25, 0.3) is 0 Å². The standard InChI is InChI=1S/C17H26N2O2.ClH/c18-11-13-19(12-10-15-5-2-1-3-6-15)17(20)9-8-16-7-4-14-21-16;/h1-3,5-6,16H,4,7-14,18H2;1H. The Hall–Kier alpha value is -1.10. The smallest absolute Gasteiger partial charge is 0.222 e. The molecule has 1 saturated heterocycles. The molecule has 1 aromatic rings. The van der Waals surface area contributed by atoms with Gasteiger partial charge >= 0.3 is 0 Å². The van der Waals surface area contributed by atoms with Crippen molar-refractivity contribution in [2.24, 2.45) is 5.73 Å². The zero-order chi connectivity index (χ0) is 14.9. The minimum Gasteiger partial charge on any atom is -0.378 e. The summed E-state index contributed by atoms with van der Waals surface area (Å²) < 4.78 is 5.58. The van der Waals surface area contributed by atoms with Crippen LogP contribution in [-0.2, 0) is 16.0 Å². The third kappa shape index (κ3) is 6.34. The average molecular weight is 327 g/mol. The molecule has 0 bridgehead atoms. The summed E-state index contributed by atoms with van der Waals surface area (Å²) in [5.74, 6) is 0.201. The minimum absolute atomic E-state index is 0. The van der Waals surface area contributed by atoms with Gasteiger partial charge in [-0.1, -0.05) is 30.3 Å². The Morgan fingerprint density at radius 2 is 2.05 bits per heavy atom. The molecule has 2 N–H and O–H groups in total. The van der Waals surface area contributed by atoms with Crippen LogP contribution in [0, 0.1) is 0 Å². The van der Waals surface area contributed by atoms with Crippen LogP contribution in [0.4, 0.5) is 0 Å². The largest absolute Gasteiger partial charge is 0.378 e. The van der Waals surface area contributed by atoms with Crippen LogP contribution in [-0.4, -0.2) is 43.2 Å². The van der Waals surface area contributed by atoms with Crippen molar-refractivity contribution < 1.29 is 9.53 Å². The molecule has 4 nitrogen and oxygen atoms in total. The summed E-state index contributed by atoms with van der Waals surface area (Å²) in [6.45, 7) is 2.74. The third-order valence-corrected chi connectivity index (χ3v) is 3.97. The highest BCUT2D eigenvalue weighted by atomic mass is 35.5. The number of halogens is 1. The second kappa shape index (κ2) is 10.6. The molecule has 22 heavy (non-hydrogen) atoms. The monoisotopic (exact) mass is 326 g/mol. The minimum atomic E-state index is 0. The number of benzene rings is 1. The quantitative estimate of drug-likeness (QED) is 0.798. The fourth-order valence-corrected chi connectivity index (χ4v) is 2.74. The predicted molar refractivity (Wildman–Crippen MR) is 91.2 cm³/mol. The summed E-state index contributed by atoms with van der Waals surface area (Å²) in [6.07, 6.45) is 4.79. The average Bonchev–Trinajstić information content (AvgIpc) is 3.03. The van der Waals surface area contributed by atoms with E-state index in [9.17, 15) is 4.79 Å². The first kappa shape index (κ1) is 18.9. The van der Waals surface area contributed by atoms with E-state index in [0.717, 1.165) is 38.8 Å². The van der Waals surface area contributed by atoms with Crippen LogP contribution >= 0.6 is 12.4 Å². The zero-order valence-corrected chi connectivity index (χ0v) is 13.9. The Balaban J connectivity index is 0.00000242. The van der Waals surface area contributed by atoms with Gasteiger partial charge in [-0.25, -0.2) is 0 Å². The molecule has 0 aromatic heterocycles. The summed E-state index contributed by atoms with van der Waals surface area (Å²) in [5, 5.41) is 0. The second-order valence-electron chi connectivity index (χ2n) is 5.58. The van der Waals surface area contributed by atoms with Gasteiger partial charge in [-0.15, -0.1) is 12.4 Å². The van der Waals surface area contributed by atoms with Crippen LogP contribution in [0.2, 0.25) is 0 Å². The van der Waals surface area contributed by atoms with E-state index < -0.39 is 0 Å². The molecule has 1 aliphatic heterocycles. The number of rotatable bonds is 8. The van der Waals surface area contributed by atoms with Crippen molar-refractivity contribution in [3.63, 3.8) is 0 Å². The van der Waals surface area contributed by atoms with Crippen LogP contribution in [0.15, 0.2) is 30.3 Å². The van der Waals surface area contributed by atoms with E-state index >= 15 is 0 Å². The fraction of sp³-hybridized carbons (Fsp3) is 0.588. The third-order valence-electron chi connectivity index (χ3n) is 3.97. The molecule has 0 spiro atoms. The van der Waals surface area contributed by atoms with Crippen molar-refractivity contribution in [2.45, 2.75) is 38.2 Å². The topological polar surface area (TPSA) is 55.6 Å². The highest BCUT2D eigenvalue weighted by molar-refractivity contribution is 5.85. The number of hydrogen-bond acceptors (Lipinski definition) is 3. The maximum atomic E-state index is 12.3. The Bertz CT molecular complexity index is 422. The molecule has 0 aliphatic carbocycles. The van der Waals surface area contributed by atoms with Crippen molar-refractivity contribution >= 4 is 18.3 Å². The summed E-state index contributed by atoms with van der Waals surface area (Å²) in [5.41, 5.74) is 6.89. The zero-order valence-electron chi connectivity index (χ0n) is 13.1. The van der Waals surface area contributed by atoms with Crippen molar-refractivity contribution in [3.8, 4) is 0 Å². The molecule has 1 unspecified atom stereocenters. The molecule has 1 atom stereocenters. The van der Waals surface area contributed by atoms with Crippen LogP contribution in [0.3, 0.4) is 0 Å². The summed E-state index contributed by atoms with van der Waals surface area (Å²) in [6, 6.07) is 10.3. The molecule has 1 fully saturated rings. The van der Waals surface area contributed by atoms with Gasteiger partial charge in [0.15, 0.2) is 0 Å². The highest BCUT2D eigenvalue weighted by Gasteiger charge is 2.19. The first-order valence-corrected chi connectivity index (χ1v) is 7.93. The van der Waals surface area contributed by atoms with Crippen molar-refractivity contribution in [3.05, 3.63) is 35.9 Å². The van der Waals surface area contributed by atoms with Crippen molar-refractivity contribution in [1.29, 1.82) is 0 Å². The van der Waals surface area contributed by atoms with Gasteiger partial charge in [0, 0.05) is 32.7 Å². The molecule has 5 heteroatoms. The van der Waals surface area contributed by atoms with Gasteiger partial charge < -0.3 is 15.4 Å². The number of ether oxygens (including phenoxy) is 1. The number of hydrogen-bond donors (Lipinski definition) is 1. The van der Waals surface area contributed by atoms with E-state index in [0.29, 0.717) is 19.5 Å². The Labute approximate surface area is 139 Å². The Morgan fingerprint density at radius 3 is 2.68 bits per heavy atom. The molecule has 1 heterocycles. The van der Waals surface area contributed by atoms with Crippen LogP contribution in [0.5, 0.6) is 0 Å².